The molecule has 2 heterocycles. The third-order valence-corrected chi connectivity index (χ3v) is 8.33. The quantitative estimate of drug-likeness (QED) is 0.826. The van der Waals surface area contributed by atoms with Crippen molar-refractivity contribution in [2.75, 3.05) is 25.2 Å². The number of ether oxygens (including phenoxy) is 2. The van der Waals surface area contributed by atoms with Gasteiger partial charge in [0.2, 0.25) is 18.6 Å². The lowest BCUT2D eigenvalue weighted by molar-refractivity contribution is -0.151. The minimum absolute atomic E-state index is 0.0376. The lowest BCUT2D eigenvalue weighted by atomic mass is 9.51. The van der Waals surface area contributed by atoms with Crippen LogP contribution in [0.25, 0.3) is 0 Å². The van der Waals surface area contributed by atoms with Crippen LogP contribution in [0.5, 0.6) is 11.5 Å². The maximum atomic E-state index is 13.4. The normalized spacial score (nSPS) is 34.3. The number of carbonyl (C=O) groups excluding carboxylic acids is 2. The molecule has 1 N–H and O–H groups in total. The number of nitrogens with zero attached hydrogens (tertiary/aromatic N) is 1. The van der Waals surface area contributed by atoms with Crippen molar-refractivity contribution in [2.24, 2.45) is 35.5 Å². The molecule has 0 radical (unpaired) electrons. The van der Waals surface area contributed by atoms with Gasteiger partial charge in [-0.1, -0.05) is 0 Å². The first-order chi connectivity index (χ1) is 14.6. The SMILES string of the molecule is O=C(Nc1ccc2c(c1)OCO2)C1CCN(C(=O)C2C3CC4CC(C3)CC2C4)CC1. The molecule has 1 aromatic rings. The van der Waals surface area contributed by atoms with E-state index in [1.54, 1.807) is 0 Å². The first kappa shape index (κ1) is 18.5. The Morgan fingerprint density at radius 1 is 0.900 bits per heavy atom. The van der Waals surface area contributed by atoms with Crippen molar-refractivity contribution >= 4 is 17.5 Å². The Labute approximate surface area is 177 Å². The van der Waals surface area contributed by atoms with Crippen LogP contribution >= 0.6 is 0 Å². The number of hydrogen-bond acceptors (Lipinski definition) is 4. The van der Waals surface area contributed by atoms with Gasteiger partial charge < -0.3 is 19.7 Å². The minimum atomic E-state index is -0.0435. The number of carbonyl (C=O) groups is 2. The predicted octanol–water partition coefficient (Wildman–Crippen LogP) is 3.66. The number of likely N-dealkylation sites (tertiary alicyclic amines) is 1. The van der Waals surface area contributed by atoms with E-state index in [9.17, 15) is 9.59 Å². The molecule has 4 aliphatic carbocycles. The summed E-state index contributed by atoms with van der Waals surface area (Å²) in [5.41, 5.74) is 0.733. The second-order valence-electron chi connectivity index (χ2n) is 10.1. The van der Waals surface area contributed by atoms with Gasteiger partial charge in [-0.15, -0.1) is 0 Å². The van der Waals surface area contributed by atoms with E-state index in [1.807, 2.05) is 18.2 Å². The van der Waals surface area contributed by atoms with Crippen molar-refractivity contribution in [1.82, 2.24) is 4.90 Å². The Balaban J connectivity index is 1.05. The highest BCUT2D eigenvalue weighted by molar-refractivity contribution is 5.93. The van der Waals surface area contributed by atoms with Crippen LogP contribution in [0.15, 0.2) is 18.2 Å². The number of nitrogens with one attached hydrogen (secondary N) is 1. The van der Waals surface area contributed by atoms with Gasteiger partial charge in [0.1, 0.15) is 0 Å². The zero-order chi connectivity index (χ0) is 20.2. The van der Waals surface area contributed by atoms with Gasteiger partial charge in [-0.3, -0.25) is 9.59 Å². The van der Waals surface area contributed by atoms with Crippen molar-refractivity contribution in [3.05, 3.63) is 18.2 Å². The molecule has 5 fully saturated rings. The summed E-state index contributed by atoms with van der Waals surface area (Å²) in [6.45, 7) is 1.64. The lowest BCUT2D eigenvalue weighted by Crippen LogP contribution is -2.53. The molecule has 7 rings (SSSR count). The second-order valence-corrected chi connectivity index (χ2v) is 10.1. The van der Waals surface area contributed by atoms with Crippen LogP contribution in [0.1, 0.15) is 44.9 Å². The fraction of sp³-hybridized carbons (Fsp3) is 0.667. The summed E-state index contributed by atoms with van der Waals surface area (Å²) in [6, 6.07) is 5.48. The van der Waals surface area contributed by atoms with Gasteiger partial charge in [-0.05, 0) is 80.8 Å². The van der Waals surface area contributed by atoms with E-state index >= 15 is 0 Å². The fourth-order valence-corrected chi connectivity index (χ4v) is 7.12. The highest BCUT2D eigenvalue weighted by Crippen LogP contribution is 2.57. The highest BCUT2D eigenvalue weighted by Gasteiger charge is 2.51. The fourth-order valence-electron chi connectivity index (χ4n) is 7.12. The molecule has 4 bridgehead atoms. The van der Waals surface area contributed by atoms with Crippen LogP contribution < -0.4 is 14.8 Å². The van der Waals surface area contributed by atoms with Crippen LogP contribution in [0.2, 0.25) is 0 Å². The minimum Gasteiger partial charge on any atom is -0.454 e. The van der Waals surface area contributed by atoms with Crippen LogP contribution in [-0.4, -0.2) is 36.6 Å². The summed E-state index contributed by atoms with van der Waals surface area (Å²) in [7, 11) is 0. The topological polar surface area (TPSA) is 67.9 Å². The monoisotopic (exact) mass is 410 g/mol. The van der Waals surface area contributed by atoms with Crippen molar-refractivity contribution in [1.29, 1.82) is 0 Å². The maximum Gasteiger partial charge on any atom is 0.231 e. The highest BCUT2D eigenvalue weighted by atomic mass is 16.7. The molecule has 0 spiro atoms. The average Bonchev–Trinajstić information content (AvgIpc) is 3.21. The van der Waals surface area contributed by atoms with Crippen LogP contribution in [0.3, 0.4) is 0 Å². The molecule has 1 aromatic carbocycles. The van der Waals surface area contributed by atoms with E-state index in [-0.39, 0.29) is 24.5 Å². The maximum absolute atomic E-state index is 13.4. The molecular formula is C24H30N2O4. The van der Waals surface area contributed by atoms with E-state index < -0.39 is 0 Å². The Kier molecular flexibility index (Phi) is 4.43. The number of benzene rings is 1. The van der Waals surface area contributed by atoms with Gasteiger partial charge in [-0.2, -0.15) is 0 Å². The van der Waals surface area contributed by atoms with Gasteiger partial charge in [0.15, 0.2) is 11.5 Å². The molecule has 0 atom stereocenters. The molecule has 2 aliphatic heterocycles. The van der Waals surface area contributed by atoms with Gasteiger partial charge in [0.25, 0.3) is 0 Å². The molecular weight excluding hydrogens is 380 g/mol. The number of hydrogen-bond donors (Lipinski definition) is 1. The Hall–Kier alpha value is -2.24. The predicted molar refractivity (Wildman–Crippen MR) is 111 cm³/mol. The number of amides is 2. The van der Waals surface area contributed by atoms with E-state index in [0.717, 1.165) is 30.4 Å². The van der Waals surface area contributed by atoms with Crippen molar-refractivity contribution in [2.45, 2.75) is 44.9 Å². The molecule has 6 heteroatoms. The number of anilines is 1. The second kappa shape index (κ2) is 7.17. The molecule has 0 unspecified atom stereocenters. The molecule has 6 nitrogen and oxygen atoms in total. The molecule has 6 aliphatic rings. The van der Waals surface area contributed by atoms with Crippen LogP contribution in [0.4, 0.5) is 5.69 Å². The summed E-state index contributed by atoms with van der Waals surface area (Å²) in [6.07, 6.45) is 8.01. The average molecular weight is 411 g/mol. The van der Waals surface area contributed by atoms with Crippen LogP contribution in [-0.2, 0) is 9.59 Å². The summed E-state index contributed by atoms with van der Waals surface area (Å²) in [5, 5.41) is 3.01. The first-order valence-electron chi connectivity index (χ1n) is 11.6. The molecule has 2 amide bonds. The van der Waals surface area contributed by atoms with Gasteiger partial charge >= 0.3 is 0 Å². The number of piperidine rings is 1. The third-order valence-electron chi connectivity index (χ3n) is 8.33. The van der Waals surface area contributed by atoms with E-state index in [2.05, 4.69) is 10.2 Å². The Morgan fingerprint density at radius 3 is 2.27 bits per heavy atom. The first-order valence-corrected chi connectivity index (χ1v) is 11.6. The van der Waals surface area contributed by atoms with Gasteiger partial charge in [0.05, 0.1) is 0 Å². The summed E-state index contributed by atoms with van der Waals surface area (Å²) in [4.78, 5) is 28.2. The largest absolute Gasteiger partial charge is 0.454 e. The Bertz CT molecular complexity index is 833. The molecule has 4 saturated carbocycles. The smallest absolute Gasteiger partial charge is 0.231 e. The molecule has 1 saturated heterocycles. The van der Waals surface area contributed by atoms with Crippen LogP contribution in [0, 0.1) is 35.5 Å². The van der Waals surface area contributed by atoms with E-state index in [0.29, 0.717) is 42.3 Å². The zero-order valence-corrected chi connectivity index (χ0v) is 17.3. The molecule has 160 valence electrons. The van der Waals surface area contributed by atoms with Crippen molar-refractivity contribution < 1.29 is 19.1 Å². The summed E-state index contributed by atoms with van der Waals surface area (Å²) < 4.78 is 10.7. The summed E-state index contributed by atoms with van der Waals surface area (Å²) >= 11 is 0. The van der Waals surface area contributed by atoms with Crippen molar-refractivity contribution in [3.8, 4) is 11.5 Å². The number of fused-ring (bicyclic) bond motifs is 1. The lowest BCUT2D eigenvalue weighted by Gasteiger charge is -2.54. The Morgan fingerprint density at radius 2 is 1.57 bits per heavy atom. The standard InChI is InChI=1S/C24H30N2O4/c27-23(25-19-1-2-20-21(12-19)30-13-29-20)16-3-5-26(6-4-16)24(28)22-17-8-14-7-15(10-17)11-18(22)9-14/h1-2,12,14-18,22H,3-11,13H2,(H,25,27). The third kappa shape index (κ3) is 3.15. The zero-order valence-electron chi connectivity index (χ0n) is 17.3. The van der Waals surface area contributed by atoms with E-state index in [1.165, 1.54) is 32.1 Å². The van der Waals surface area contributed by atoms with E-state index in [4.69, 9.17) is 9.47 Å². The number of rotatable bonds is 3. The van der Waals surface area contributed by atoms with Gasteiger partial charge in [-0.25, -0.2) is 0 Å². The van der Waals surface area contributed by atoms with Crippen molar-refractivity contribution in [3.63, 3.8) is 0 Å². The molecule has 30 heavy (non-hydrogen) atoms. The van der Waals surface area contributed by atoms with Gasteiger partial charge in [0, 0.05) is 36.7 Å². The summed E-state index contributed by atoms with van der Waals surface area (Å²) in [5.74, 6) is 5.06. The molecule has 0 aromatic heterocycles.